The summed E-state index contributed by atoms with van der Waals surface area (Å²) in [5, 5.41) is 11.6. The zero-order valence-electron chi connectivity index (χ0n) is 14.1. The average molecular weight is 403 g/mol. The first-order valence-corrected chi connectivity index (χ1v) is 8.94. The molecule has 4 rings (SSSR count). The Balaban J connectivity index is 1.58. The van der Waals surface area contributed by atoms with Crippen LogP contribution in [0.5, 0.6) is 0 Å². The molecule has 0 aromatic carbocycles. The predicted molar refractivity (Wildman–Crippen MR) is 97.3 cm³/mol. The number of nitrogens with zero attached hydrogens (tertiary/aromatic N) is 5. The number of alkyl halides is 3. The number of halogens is 3. The van der Waals surface area contributed by atoms with E-state index in [1.807, 2.05) is 17.5 Å². The third-order valence-electron chi connectivity index (χ3n) is 3.62. The molecule has 0 unspecified atom stereocenters. The fraction of sp³-hybridized carbons (Fsp3) is 0.118. The molecule has 0 spiro atoms. The summed E-state index contributed by atoms with van der Waals surface area (Å²) in [6, 6.07) is 9.47. The Morgan fingerprint density at radius 1 is 1.04 bits per heavy atom. The van der Waals surface area contributed by atoms with Gasteiger partial charge in [-0.1, -0.05) is 12.1 Å². The van der Waals surface area contributed by atoms with Crippen molar-refractivity contribution in [2.24, 2.45) is 0 Å². The van der Waals surface area contributed by atoms with Crippen LogP contribution in [0.25, 0.3) is 22.2 Å². The molecule has 0 aliphatic carbocycles. The fourth-order valence-corrected chi connectivity index (χ4v) is 3.01. The van der Waals surface area contributed by atoms with Crippen molar-refractivity contribution in [1.82, 2.24) is 30.1 Å². The van der Waals surface area contributed by atoms with Gasteiger partial charge in [0.05, 0.1) is 11.4 Å². The summed E-state index contributed by atoms with van der Waals surface area (Å²) in [7, 11) is 0. The molecular weight excluding hydrogens is 391 g/mol. The van der Waals surface area contributed by atoms with E-state index in [0.717, 1.165) is 10.9 Å². The Hall–Kier alpha value is -3.34. The Bertz CT molecular complexity index is 1060. The number of pyridine rings is 1. The van der Waals surface area contributed by atoms with Crippen molar-refractivity contribution in [2.45, 2.75) is 12.7 Å². The van der Waals surface area contributed by atoms with Gasteiger partial charge in [-0.2, -0.15) is 18.3 Å². The number of H-pyrrole nitrogens is 1. The van der Waals surface area contributed by atoms with Crippen LogP contribution >= 0.6 is 11.3 Å². The smallest absolute Gasteiger partial charge is 0.363 e. The molecule has 4 aromatic heterocycles. The van der Waals surface area contributed by atoms with Crippen LogP contribution in [0, 0.1) is 0 Å². The first-order chi connectivity index (χ1) is 13.5. The topological polar surface area (TPSA) is 92.3 Å². The highest BCUT2D eigenvalue weighted by Crippen LogP contribution is 2.30. The summed E-state index contributed by atoms with van der Waals surface area (Å²) in [4.78, 5) is 17.0. The fourth-order valence-electron chi connectivity index (χ4n) is 2.36. The van der Waals surface area contributed by atoms with E-state index in [1.165, 1.54) is 17.5 Å². The van der Waals surface area contributed by atoms with Crippen LogP contribution in [0.15, 0.2) is 48.0 Å². The van der Waals surface area contributed by atoms with Gasteiger partial charge in [0.2, 0.25) is 0 Å². The monoisotopic (exact) mass is 403 g/mol. The minimum Gasteiger partial charge on any atom is -0.363 e. The van der Waals surface area contributed by atoms with Gasteiger partial charge in [-0.3, -0.25) is 10.1 Å². The maximum Gasteiger partial charge on any atom is 0.433 e. The lowest BCUT2D eigenvalue weighted by Gasteiger charge is -2.11. The average Bonchev–Trinajstić information content (AvgIpc) is 3.38. The molecule has 0 bridgehead atoms. The number of thiophene rings is 1. The molecule has 0 aliphatic heterocycles. The van der Waals surface area contributed by atoms with Crippen LogP contribution in [0.2, 0.25) is 0 Å². The summed E-state index contributed by atoms with van der Waals surface area (Å²) in [5.74, 6) is 0.890. The highest BCUT2D eigenvalue weighted by atomic mass is 32.1. The number of nitrogens with one attached hydrogen (secondary N) is 2. The van der Waals surface area contributed by atoms with Crippen LogP contribution in [0.1, 0.15) is 11.5 Å². The lowest BCUT2D eigenvalue weighted by molar-refractivity contribution is -0.141. The number of aromatic amines is 1. The summed E-state index contributed by atoms with van der Waals surface area (Å²) in [5.41, 5.74) is -0.807. The van der Waals surface area contributed by atoms with Gasteiger partial charge in [0.15, 0.2) is 17.3 Å². The van der Waals surface area contributed by atoms with Gasteiger partial charge in [-0.15, -0.1) is 11.3 Å². The minimum atomic E-state index is -4.61. The molecule has 0 atom stereocenters. The molecule has 0 saturated heterocycles. The molecule has 4 aromatic rings. The molecule has 142 valence electrons. The molecule has 0 amide bonds. The molecule has 2 N–H and O–H groups in total. The van der Waals surface area contributed by atoms with E-state index >= 15 is 0 Å². The Morgan fingerprint density at radius 2 is 1.93 bits per heavy atom. The summed E-state index contributed by atoms with van der Waals surface area (Å²) in [6.45, 7) is 0.119. The van der Waals surface area contributed by atoms with E-state index in [4.69, 9.17) is 0 Å². The van der Waals surface area contributed by atoms with Crippen molar-refractivity contribution in [2.75, 3.05) is 5.32 Å². The van der Waals surface area contributed by atoms with E-state index < -0.39 is 11.9 Å². The Kier molecular flexibility index (Phi) is 4.74. The van der Waals surface area contributed by atoms with Gasteiger partial charge < -0.3 is 5.32 Å². The standard InChI is InChI=1S/C17H12F3N7S/c18-17(19,20)12-8-13(24-15(23-12)10-4-1-2-6-21-10)22-9-14-25-16(27-26-14)11-5-3-7-28-11/h1-8H,9H2,(H,22,23,24)(H,25,26,27). The first-order valence-electron chi connectivity index (χ1n) is 8.06. The number of hydrogen-bond acceptors (Lipinski definition) is 7. The normalized spacial score (nSPS) is 11.5. The lowest BCUT2D eigenvalue weighted by Crippen LogP contribution is -2.12. The molecule has 0 fully saturated rings. The molecule has 11 heteroatoms. The summed E-state index contributed by atoms with van der Waals surface area (Å²) in [6.07, 6.45) is -3.14. The zero-order valence-corrected chi connectivity index (χ0v) is 14.9. The van der Waals surface area contributed by atoms with Crippen LogP contribution < -0.4 is 5.32 Å². The van der Waals surface area contributed by atoms with Crippen molar-refractivity contribution < 1.29 is 13.2 Å². The third kappa shape index (κ3) is 3.98. The van der Waals surface area contributed by atoms with E-state index in [9.17, 15) is 13.2 Å². The van der Waals surface area contributed by atoms with Crippen LogP contribution in [-0.4, -0.2) is 30.1 Å². The second kappa shape index (κ2) is 7.35. The molecular formula is C17H12F3N7S. The zero-order chi connectivity index (χ0) is 19.6. The highest BCUT2D eigenvalue weighted by molar-refractivity contribution is 7.13. The van der Waals surface area contributed by atoms with Gasteiger partial charge in [-0.25, -0.2) is 15.0 Å². The minimum absolute atomic E-state index is 0.0112. The van der Waals surface area contributed by atoms with Crippen molar-refractivity contribution in [3.8, 4) is 22.2 Å². The maximum absolute atomic E-state index is 13.2. The van der Waals surface area contributed by atoms with Crippen molar-refractivity contribution in [3.63, 3.8) is 0 Å². The SMILES string of the molecule is FC(F)(F)c1cc(NCc2nc(-c3cccs3)n[nH]2)nc(-c2ccccn2)n1. The summed E-state index contributed by atoms with van der Waals surface area (Å²) < 4.78 is 39.7. The summed E-state index contributed by atoms with van der Waals surface area (Å²) >= 11 is 1.49. The third-order valence-corrected chi connectivity index (χ3v) is 4.49. The van der Waals surface area contributed by atoms with Gasteiger partial charge in [-0.05, 0) is 23.6 Å². The molecule has 0 saturated carbocycles. The van der Waals surface area contributed by atoms with E-state index in [-0.39, 0.29) is 23.9 Å². The molecule has 7 nitrogen and oxygen atoms in total. The van der Waals surface area contributed by atoms with E-state index in [2.05, 4.69) is 35.5 Å². The van der Waals surface area contributed by atoms with Gasteiger partial charge in [0, 0.05) is 12.3 Å². The molecule has 4 heterocycles. The second-order valence-corrected chi connectivity index (χ2v) is 6.56. The number of rotatable bonds is 5. The number of hydrogen-bond donors (Lipinski definition) is 2. The maximum atomic E-state index is 13.2. The van der Waals surface area contributed by atoms with Crippen LogP contribution in [-0.2, 0) is 12.7 Å². The van der Waals surface area contributed by atoms with Gasteiger partial charge >= 0.3 is 6.18 Å². The van der Waals surface area contributed by atoms with Crippen LogP contribution in [0.3, 0.4) is 0 Å². The largest absolute Gasteiger partial charge is 0.433 e. The Labute approximate surface area is 160 Å². The van der Waals surface area contributed by atoms with Crippen molar-refractivity contribution in [3.05, 3.63) is 59.5 Å². The molecule has 0 aliphatic rings. The van der Waals surface area contributed by atoms with Crippen molar-refractivity contribution >= 4 is 17.2 Å². The number of aromatic nitrogens is 6. The molecule has 28 heavy (non-hydrogen) atoms. The van der Waals surface area contributed by atoms with E-state index in [1.54, 1.807) is 18.2 Å². The van der Waals surface area contributed by atoms with Gasteiger partial charge in [0.25, 0.3) is 0 Å². The molecule has 0 radical (unpaired) electrons. The van der Waals surface area contributed by atoms with E-state index in [0.29, 0.717) is 11.6 Å². The second-order valence-electron chi connectivity index (χ2n) is 5.61. The number of anilines is 1. The lowest BCUT2D eigenvalue weighted by atomic mass is 10.3. The first kappa shape index (κ1) is 18.0. The Morgan fingerprint density at radius 3 is 2.64 bits per heavy atom. The van der Waals surface area contributed by atoms with Crippen molar-refractivity contribution in [1.29, 1.82) is 0 Å². The van der Waals surface area contributed by atoms with Gasteiger partial charge in [0.1, 0.15) is 17.3 Å². The predicted octanol–water partition coefficient (Wildman–Crippen LogP) is 4.02. The highest BCUT2D eigenvalue weighted by Gasteiger charge is 2.34. The van der Waals surface area contributed by atoms with Crippen LogP contribution in [0.4, 0.5) is 19.0 Å². The quantitative estimate of drug-likeness (QED) is 0.523.